The van der Waals surface area contributed by atoms with Crippen molar-refractivity contribution in [3.8, 4) is 0 Å². The first-order valence-electron chi connectivity index (χ1n) is 7.16. The summed E-state index contributed by atoms with van der Waals surface area (Å²) < 4.78 is 10.1. The standard InChI is InChI=1S/C15H20O8/c16-6-9(8-4-2-1-3-5-8)14(21)23-15-13(20)12(19)11(18)10(7-17)22-15/h1-5,9-13,15-20H,6-7H2/t9-,10-,11-,12+,13-,15+/m0/s1. The molecule has 128 valence electrons. The van der Waals surface area contributed by atoms with E-state index in [0.717, 1.165) is 0 Å². The molecule has 0 aliphatic carbocycles. The highest BCUT2D eigenvalue weighted by Crippen LogP contribution is 2.24. The Bertz CT molecular complexity index is 505. The van der Waals surface area contributed by atoms with Crippen molar-refractivity contribution in [3.63, 3.8) is 0 Å². The van der Waals surface area contributed by atoms with E-state index >= 15 is 0 Å². The Hall–Kier alpha value is -1.55. The Kier molecular flexibility index (Phi) is 6.05. The number of hydrogen-bond donors (Lipinski definition) is 5. The van der Waals surface area contributed by atoms with Gasteiger partial charge >= 0.3 is 5.97 Å². The molecule has 0 unspecified atom stereocenters. The van der Waals surface area contributed by atoms with E-state index in [-0.39, 0.29) is 0 Å². The van der Waals surface area contributed by atoms with E-state index in [1.54, 1.807) is 30.3 Å². The molecule has 0 spiro atoms. The van der Waals surface area contributed by atoms with Gasteiger partial charge in [0, 0.05) is 0 Å². The molecule has 1 aromatic carbocycles. The molecule has 0 radical (unpaired) electrons. The fourth-order valence-electron chi connectivity index (χ4n) is 2.36. The lowest BCUT2D eigenvalue weighted by molar-refractivity contribution is -0.293. The van der Waals surface area contributed by atoms with Crippen LogP contribution in [0.5, 0.6) is 0 Å². The average molecular weight is 328 g/mol. The van der Waals surface area contributed by atoms with E-state index in [0.29, 0.717) is 5.56 Å². The van der Waals surface area contributed by atoms with E-state index in [2.05, 4.69) is 0 Å². The average Bonchev–Trinajstić information content (AvgIpc) is 2.57. The van der Waals surface area contributed by atoms with Gasteiger partial charge < -0.3 is 35.0 Å². The highest BCUT2D eigenvalue weighted by atomic mass is 16.7. The molecule has 23 heavy (non-hydrogen) atoms. The summed E-state index contributed by atoms with van der Waals surface area (Å²) in [4.78, 5) is 12.2. The number of aliphatic hydroxyl groups excluding tert-OH is 5. The van der Waals surface area contributed by atoms with Gasteiger partial charge in [-0.3, -0.25) is 4.79 Å². The maximum absolute atomic E-state index is 12.2. The van der Waals surface area contributed by atoms with Crippen LogP contribution in [-0.4, -0.2) is 75.4 Å². The maximum atomic E-state index is 12.2. The highest BCUT2D eigenvalue weighted by molar-refractivity contribution is 5.78. The number of esters is 1. The van der Waals surface area contributed by atoms with Gasteiger partial charge in [-0.25, -0.2) is 0 Å². The number of carbonyl (C=O) groups excluding carboxylic acids is 1. The van der Waals surface area contributed by atoms with Crippen LogP contribution < -0.4 is 0 Å². The van der Waals surface area contributed by atoms with Crippen molar-refractivity contribution in [3.05, 3.63) is 35.9 Å². The summed E-state index contributed by atoms with van der Waals surface area (Å²) in [6, 6.07) is 8.41. The van der Waals surface area contributed by atoms with Crippen LogP contribution in [0, 0.1) is 0 Å². The summed E-state index contributed by atoms with van der Waals surface area (Å²) in [7, 11) is 0. The van der Waals surface area contributed by atoms with E-state index in [1.807, 2.05) is 0 Å². The van der Waals surface area contributed by atoms with E-state index in [9.17, 15) is 25.2 Å². The van der Waals surface area contributed by atoms with Gasteiger partial charge in [0.25, 0.3) is 0 Å². The van der Waals surface area contributed by atoms with Gasteiger partial charge in [0.1, 0.15) is 30.3 Å². The zero-order chi connectivity index (χ0) is 17.0. The van der Waals surface area contributed by atoms with Crippen molar-refractivity contribution in [2.75, 3.05) is 13.2 Å². The van der Waals surface area contributed by atoms with Gasteiger partial charge in [0.05, 0.1) is 13.2 Å². The Labute approximate surface area is 132 Å². The second kappa shape index (κ2) is 7.82. The van der Waals surface area contributed by atoms with Crippen LogP contribution >= 0.6 is 0 Å². The molecule has 6 atom stereocenters. The van der Waals surface area contributed by atoms with Crippen LogP contribution in [0.2, 0.25) is 0 Å². The third-order valence-electron chi connectivity index (χ3n) is 3.75. The van der Waals surface area contributed by atoms with Crippen LogP contribution in [0.3, 0.4) is 0 Å². The van der Waals surface area contributed by atoms with Gasteiger partial charge in [-0.1, -0.05) is 30.3 Å². The molecule has 0 aromatic heterocycles. The van der Waals surface area contributed by atoms with Crippen molar-refractivity contribution in [2.45, 2.75) is 36.6 Å². The zero-order valence-corrected chi connectivity index (χ0v) is 12.2. The van der Waals surface area contributed by atoms with Crippen molar-refractivity contribution in [1.82, 2.24) is 0 Å². The minimum atomic E-state index is -1.67. The van der Waals surface area contributed by atoms with Crippen LogP contribution in [0.25, 0.3) is 0 Å². The summed E-state index contributed by atoms with van der Waals surface area (Å²) in [5.41, 5.74) is 0.518. The van der Waals surface area contributed by atoms with Gasteiger partial charge in [-0.15, -0.1) is 0 Å². The summed E-state index contributed by atoms with van der Waals surface area (Å²) in [6.07, 6.45) is -7.58. The molecule has 0 bridgehead atoms. The van der Waals surface area contributed by atoms with E-state index < -0.39 is 55.8 Å². The third kappa shape index (κ3) is 3.86. The Morgan fingerprint density at radius 2 is 1.74 bits per heavy atom. The van der Waals surface area contributed by atoms with Crippen molar-refractivity contribution < 1.29 is 39.8 Å². The zero-order valence-electron chi connectivity index (χ0n) is 12.2. The predicted octanol–water partition coefficient (Wildman–Crippen LogP) is -1.89. The van der Waals surface area contributed by atoms with Gasteiger partial charge in [0.15, 0.2) is 0 Å². The molecule has 1 fully saturated rings. The topological polar surface area (TPSA) is 137 Å². The molecule has 2 rings (SSSR count). The highest BCUT2D eigenvalue weighted by Gasteiger charge is 2.45. The third-order valence-corrected chi connectivity index (χ3v) is 3.75. The molecular weight excluding hydrogens is 308 g/mol. The summed E-state index contributed by atoms with van der Waals surface area (Å²) in [6.45, 7) is -1.14. The van der Waals surface area contributed by atoms with Crippen molar-refractivity contribution in [2.24, 2.45) is 0 Å². The summed E-state index contributed by atoms with van der Waals surface area (Å²) in [5, 5.41) is 47.7. The quantitative estimate of drug-likeness (QED) is 0.396. The molecule has 1 aliphatic rings. The fraction of sp³-hybridized carbons (Fsp3) is 0.533. The Balaban J connectivity index is 2.09. The monoisotopic (exact) mass is 328 g/mol. The first kappa shape index (κ1) is 17.8. The Morgan fingerprint density at radius 3 is 2.30 bits per heavy atom. The first-order chi connectivity index (χ1) is 11.0. The SMILES string of the molecule is O=C(O[C@H]1O[C@@H](CO)[C@H](O)[C@@H](O)[C@@H]1O)[C@@H](CO)c1ccccc1. The fourth-order valence-corrected chi connectivity index (χ4v) is 2.36. The number of ether oxygens (including phenoxy) is 2. The Morgan fingerprint density at radius 1 is 1.09 bits per heavy atom. The number of benzene rings is 1. The van der Waals surface area contributed by atoms with Crippen molar-refractivity contribution in [1.29, 1.82) is 0 Å². The van der Waals surface area contributed by atoms with Gasteiger partial charge in [-0.05, 0) is 5.56 Å². The maximum Gasteiger partial charge on any atom is 0.318 e. The molecular formula is C15H20O8. The molecule has 1 heterocycles. The lowest BCUT2D eigenvalue weighted by atomic mass is 9.98. The number of aliphatic hydroxyl groups is 5. The molecule has 1 saturated heterocycles. The minimum Gasteiger partial charge on any atom is -0.432 e. The van der Waals surface area contributed by atoms with Crippen LogP contribution in [0.15, 0.2) is 30.3 Å². The number of carbonyl (C=O) groups is 1. The smallest absolute Gasteiger partial charge is 0.318 e. The van der Waals surface area contributed by atoms with Gasteiger partial charge in [-0.2, -0.15) is 0 Å². The lowest BCUT2D eigenvalue weighted by Gasteiger charge is -2.39. The summed E-state index contributed by atoms with van der Waals surface area (Å²) in [5.74, 6) is -1.84. The largest absolute Gasteiger partial charge is 0.432 e. The van der Waals surface area contributed by atoms with Crippen LogP contribution in [0.1, 0.15) is 11.5 Å². The second-order valence-electron chi connectivity index (χ2n) is 5.28. The molecule has 1 aliphatic heterocycles. The molecule has 0 saturated carbocycles. The lowest BCUT2D eigenvalue weighted by Crippen LogP contribution is -2.59. The summed E-state index contributed by atoms with van der Waals surface area (Å²) >= 11 is 0. The molecule has 8 heteroatoms. The first-order valence-corrected chi connectivity index (χ1v) is 7.16. The van der Waals surface area contributed by atoms with Gasteiger partial charge in [0.2, 0.25) is 6.29 Å². The molecule has 8 nitrogen and oxygen atoms in total. The van der Waals surface area contributed by atoms with E-state index in [1.165, 1.54) is 0 Å². The van der Waals surface area contributed by atoms with Crippen LogP contribution in [0.4, 0.5) is 0 Å². The number of rotatable bonds is 5. The normalized spacial score (nSPS) is 32.3. The molecule has 0 amide bonds. The van der Waals surface area contributed by atoms with Crippen LogP contribution in [-0.2, 0) is 14.3 Å². The van der Waals surface area contributed by atoms with Crippen molar-refractivity contribution >= 4 is 5.97 Å². The molecule has 1 aromatic rings. The second-order valence-corrected chi connectivity index (χ2v) is 5.28. The minimum absolute atomic E-state index is 0.514. The molecule has 5 N–H and O–H groups in total. The predicted molar refractivity (Wildman–Crippen MR) is 76.1 cm³/mol. The van der Waals surface area contributed by atoms with E-state index in [4.69, 9.17) is 14.6 Å². The number of hydrogen-bond acceptors (Lipinski definition) is 8.